The Morgan fingerprint density at radius 3 is 2.19 bits per heavy atom. The summed E-state index contributed by atoms with van der Waals surface area (Å²) in [6.45, 7) is 6.87. The Morgan fingerprint density at radius 2 is 1.50 bits per heavy atom. The van der Waals surface area contributed by atoms with Gasteiger partial charge in [0, 0.05) is 0 Å². The highest BCUT2D eigenvalue weighted by atomic mass is 14.9. The Labute approximate surface area is 102 Å². The van der Waals surface area contributed by atoms with E-state index in [2.05, 4.69) is 17.6 Å². The molecule has 0 atom stereocenters. The molecule has 0 amide bonds. The summed E-state index contributed by atoms with van der Waals surface area (Å²) in [7, 11) is 0. The molecule has 96 valence electrons. The van der Waals surface area contributed by atoms with E-state index in [4.69, 9.17) is 0 Å². The van der Waals surface area contributed by atoms with Crippen LogP contribution in [-0.4, -0.2) is 26.2 Å². The van der Waals surface area contributed by atoms with Crippen molar-refractivity contribution in [1.82, 2.24) is 10.6 Å². The van der Waals surface area contributed by atoms with Gasteiger partial charge in [0.1, 0.15) is 0 Å². The summed E-state index contributed by atoms with van der Waals surface area (Å²) in [6, 6.07) is 0. The van der Waals surface area contributed by atoms with Gasteiger partial charge < -0.3 is 10.6 Å². The number of nitrogens with one attached hydrogen (secondary N) is 2. The molecule has 2 heteroatoms. The summed E-state index contributed by atoms with van der Waals surface area (Å²) in [4.78, 5) is 0. The Balaban J connectivity index is 1.93. The van der Waals surface area contributed by atoms with Crippen LogP contribution in [0.1, 0.15) is 58.3 Å². The van der Waals surface area contributed by atoms with Crippen LogP contribution in [0.5, 0.6) is 0 Å². The lowest BCUT2D eigenvalue weighted by molar-refractivity contribution is 0.360. The van der Waals surface area contributed by atoms with Crippen molar-refractivity contribution in [2.75, 3.05) is 26.2 Å². The van der Waals surface area contributed by atoms with E-state index in [0.29, 0.717) is 0 Å². The lowest BCUT2D eigenvalue weighted by atomic mass is 9.91. The SMILES string of the molecule is CCNCCCNCC1CCCCCCC1. The van der Waals surface area contributed by atoms with Crippen molar-refractivity contribution in [2.24, 2.45) is 5.92 Å². The van der Waals surface area contributed by atoms with Gasteiger partial charge >= 0.3 is 0 Å². The first-order valence-corrected chi connectivity index (χ1v) is 7.35. The van der Waals surface area contributed by atoms with E-state index >= 15 is 0 Å². The molecule has 0 aromatic carbocycles. The topological polar surface area (TPSA) is 24.1 Å². The van der Waals surface area contributed by atoms with Gasteiger partial charge in [0.25, 0.3) is 0 Å². The average Bonchev–Trinajstić information content (AvgIpc) is 2.25. The summed E-state index contributed by atoms with van der Waals surface area (Å²) < 4.78 is 0. The van der Waals surface area contributed by atoms with Crippen LogP contribution in [0.4, 0.5) is 0 Å². The molecule has 0 unspecified atom stereocenters. The number of hydrogen-bond donors (Lipinski definition) is 2. The van der Waals surface area contributed by atoms with Gasteiger partial charge in [0.15, 0.2) is 0 Å². The number of hydrogen-bond acceptors (Lipinski definition) is 2. The molecule has 1 fully saturated rings. The van der Waals surface area contributed by atoms with Gasteiger partial charge in [-0.3, -0.25) is 0 Å². The summed E-state index contributed by atoms with van der Waals surface area (Å²) in [5.74, 6) is 0.958. The van der Waals surface area contributed by atoms with Gasteiger partial charge in [0.05, 0.1) is 0 Å². The van der Waals surface area contributed by atoms with Crippen LogP contribution in [-0.2, 0) is 0 Å². The third-order valence-corrected chi connectivity index (χ3v) is 3.61. The fraction of sp³-hybridized carbons (Fsp3) is 1.00. The molecular formula is C14H30N2. The molecule has 0 aromatic rings. The van der Waals surface area contributed by atoms with Crippen molar-refractivity contribution in [3.63, 3.8) is 0 Å². The maximum absolute atomic E-state index is 3.62. The van der Waals surface area contributed by atoms with E-state index in [9.17, 15) is 0 Å². The van der Waals surface area contributed by atoms with Gasteiger partial charge in [-0.1, -0.05) is 39.0 Å². The van der Waals surface area contributed by atoms with E-state index in [0.717, 1.165) is 19.0 Å². The second-order valence-corrected chi connectivity index (χ2v) is 5.12. The first-order chi connectivity index (χ1) is 7.93. The molecule has 0 spiro atoms. The van der Waals surface area contributed by atoms with Gasteiger partial charge in [-0.15, -0.1) is 0 Å². The highest BCUT2D eigenvalue weighted by Crippen LogP contribution is 2.21. The average molecular weight is 226 g/mol. The zero-order valence-electron chi connectivity index (χ0n) is 11.1. The summed E-state index contributed by atoms with van der Waals surface area (Å²) >= 11 is 0. The second-order valence-electron chi connectivity index (χ2n) is 5.12. The van der Waals surface area contributed by atoms with Crippen LogP contribution in [0.2, 0.25) is 0 Å². The maximum Gasteiger partial charge on any atom is -0.00205 e. The largest absolute Gasteiger partial charge is 0.317 e. The molecule has 2 nitrogen and oxygen atoms in total. The van der Waals surface area contributed by atoms with E-state index in [1.54, 1.807) is 0 Å². The zero-order valence-corrected chi connectivity index (χ0v) is 11.1. The minimum atomic E-state index is 0.958. The third kappa shape index (κ3) is 7.24. The third-order valence-electron chi connectivity index (χ3n) is 3.61. The summed E-state index contributed by atoms with van der Waals surface area (Å²) in [5, 5.41) is 6.99. The van der Waals surface area contributed by atoms with E-state index < -0.39 is 0 Å². The fourth-order valence-electron chi connectivity index (χ4n) is 2.57. The standard InChI is InChI=1S/C14H30N2/c1-2-15-11-8-12-16-13-14-9-6-4-3-5-7-10-14/h14-16H,2-13H2,1H3. The second kappa shape index (κ2) is 10.1. The highest BCUT2D eigenvalue weighted by Gasteiger charge is 2.10. The molecule has 1 rings (SSSR count). The minimum absolute atomic E-state index is 0.958. The van der Waals surface area contributed by atoms with E-state index in [1.807, 2.05) is 0 Å². The first kappa shape index (κ1) is 14.0. The maximum atomic E-state index is 3.62. The molecule has 0 radical (unpaired) electrons. The molecule has 1 aliphatic carbocycles. The van der Waals surface area contributed by atoms with Crippen LogP contribution in [0, 0.1) is 5.92 Å². The molecule has 2 N–H and O–H groups in total. The molecule has 0 saturated heterocycles. The van der Waals surface area contributed by atoms with Gasteiger partial charge in [-0.25, -0.2) is 0 Å². The van der Waals surface area contributed by atoms with Crippen LogP contribution < -0.4 is 10.6 Å². The van der Waals surface area contributed by atoms with Crippen LogP contribution in [0.3, 0.4) is 0 Å². The van der Waals surface area contributed by atoms with E-state index in [-0.39, 0.29) is 0 Å². The van der Waals surface area contributed by atoms with Crippen molar-refractivity contribution >= 4 is 0 Å². The predicted octanol–water partition coefficient (Wildman–Crippen LogP) is 2.94. The highest BCUT2D eigenvalue weighted by molar-refractivity contribution is 4.66. The first-order valence-electron chi connectivity index (χ1n) is 7.35. The molecule has 0 aromatic heterocycles. The minimum Gasteiger partial charge on any atom is -0.317 e. The molecule has 16 heavy (non-hydrogen) atoms. The molecule has 0 bridgehead atoms. The van der Waals surface area contributed by atoms with Crippen molar-refractivity contribution in [2.45, 2.75) is 58.3 Å². The molecular weight excluding hydrogens is 196 g/mol. The van der Waals surface area contributed by atoms with Crippen molar-refractivity contribution in [3.05, 3.63) is 0 Å². The van der Waals surface area contributed by atoms with E-state index in [1.165, 1.54) is 64.5 Å². The Morgan fingerprint density at radius 1 is 0.875 bits per heavy atom. The van der Waals surface area contributed by atoms with Gasteiger partial charge in [-0.05, 0) is 51.4 Å². The molecule has 0 heterocycles. The molecule has 1 aliphatic rings. The zero-order chi connectivity index (χ0) is 11.5. The quantitative estimate of drug-likeness (QED) is 0.652. The Kier molecular flexibility index (Phi) is 8.83. The summed E-state index contributed by atoms with van der Waals surface area (Å²) in [6.07, 6.45) is 11.5. The van der Waals surface area contributed by atoms with Crippen molar-refractivity contribution in [1.29, 1.82) is 0 Å². The lowest BCUT2D eigenvalue weighted by Crippen LogP contribution is -2.27. The van der Waals surface area contributed by atoms with Crippen molar-refractivity contribution < 1.29 is 0 Å². The van der Waals surface area contributed by atoms with Crippen LogP contribution >= 0.6 is 0 Å². The predicted molar refractivity (Wildman–Crippen MR) is 71.8 cm³/mol. The Bertz CT molecular complexity index is 140. The smallest absolute Gasteiger partial charge is 0.00205 e. The van der Waals surface area contributed by atoms with Crippen LogP contribution in [0.25, 0.3) is 0 Å². The Hall–Kier alpha value is -0.0800. The van der Waals surface area contributed by atoms with Gasteiger partial charge in [-0.2, -0.15) is 0 Å². The lowest BCUT2D eigenvalue weighted by Gasteiger charge is -2.20. The monoisotopic (exact) mass is 226 g/mol. The molecule has 0 aliphatic heterocycles. The number of rotatable bonds is 7. The normalized spacial score (nSPS) is 19.3. The molecule has 1 saturated carbocycles. The summed E-state index contributed by atoms with van der Waals surface area (Å²) in [5.41, 5.74) is 0. The fourth-order valence-corrected chi connectivity index (χ4v) is 2.57. The van der Waals surface area contributed by atoms with Crippen molar-refractivity contribution in [3.8, 4) is 0 Å². The van der Waals surface area contributed by atoms with Gasteiger partial charge in [0.2, 0.25) is 0 Å². The van der Waals surface area contributed by atoms with Crippen LogP contribution in [0.15, 0.2) is 0 Å².